The molecule has 0 aromatic heterocycles. The van der Waals surface area contributed by atoms with Gasteiger partial charge in [0.15, 0.2) is 0 Å². The minimum Gasteiger partial charge on any atom is -0.507 e. The SMILES string of the molecule is [N-]=[N+]=Nc1cc([N+](=O)[O-])ccc1O. The van der Waals surface area contributed by atoms with E-state index in [2.05, 4.69) is 10.0 Å². The van der Waals surface area contributed by atoms with Crippen molar-refractivity contribution in [3.8, 4) is 5.75 Å². The third-order valence-corrected chi connectivity index (χ3v) is 1.32. The van der Waals surface area contributed by atoms with E-state index in [4.69, 9.17) is 10.6 Å². The van der Waals surface area contributed by atoms with E-state index in [1.165, 1.54) is 0 Å². The van der Waals surface area contributed by atoms with Crippen LogP contribution in [0.1, 0.15) is 0 Å². The lowest BCUT2D eigenvalue weighted by Crippen LogP contribution is -1.86. The molecule has 0 radical (unpaired) electrons. The summed E-state index contributed by atoms with van der Waals surface area (Å²) in [7, 11) is 0. The number of nitrogens with zero attached hydrogens (tertiary/aromatic N) is 4. The summed E-state index contributed by atoms with van der Waals surface area (Å²) in [5.74, 6) is -0.289. The quantitative estimate of drug-likeness (QED) is 0.247. The second kappa shape index (κ2) is 3.42. The fourth-order valence-electron chi connectivity index (χ4n) is 0.754. The molecule has 0 atom stereocenters. The van der Waals surface area contributed by atoms with Gasteiger partial charge in [0.05, 0.1) is 10.6 Å². The summed E-state index contributed by atoms with van der Waals surface area (Å²) in [4.78, 5) is 12.0. The Morgan fingerprint density at radius 2 is 2.31 bits per heavy atom. The number of nitro benzene ring substituents is 1. The van der Waals surface area contributed by atoms with Crippen molar-refractivity contribution in [2.45, 2.75) is 0 Å². The molecule has 0 bridgehead atoms. The molecule has 0 aliphatic heterocycles. The summed E-state index contributed by atoms with van der Waals surface area (Å²) >= 11 is 0. The Morgan fingerprint density at radius 3 is 2.85 bits per heavy atom. The maximum Gasteiger partial charge on any atom is 0.270 e. The molecule has 0 saturated carbocycles. The van der Waals surface area contributed by atoms with E-state index >= 15 is 0 Å². The Bertz CT molecular complexity index is 397. The van der Waals surface area contributed by atoms with Gasteiger partial charge in [-0.1, -0.05) is 5.11 Å². The molecule has 7 nitrogen and oxygen atoms in total. The van der Waals surface area contributed by atoms with Gasteiger partial charge >= 0.3 is 0 Å². The van der Waals surface area contributed by atoms with E-state index in [9.17, 15) is 10.1 Å². The van der Waals surface area contributed by atoms with Crippen molar-refractivity contribution in [2.75, 3.05) is 0 Å². The largest absolute Gasteiger partial charge is 0.507 e. The number of phenolic OH excluding ortho intramolecular Hbond substituents is 1. The first-order valence-electron chi connectivity index (χ1n) is 3.17. The molecule has 1 N–H and O–H groups in total. The first-order valence-corrected chi connectivity index (χ1v) is 3.17. The summed E-state index contributed by atoms with van der Waals surface area (Å²) < 4.78 is 0. The molecule has 7 heteroatoms. The lowest BCUT2D eigenvalue weighted by Gasteiger charge is -1.96. The maximum atomic E-state index is 10.3. The molecule has 1 aromatic rings. The van der Waals surface area contributed by atoms with Crippen LogP contribution >= 0.6 is 0 Å². The summed E-state index contributed by atoms with van der Waals surface area (Å²) in [6, 6.07) is 3.21. The number of benzene rings is 1. The summed E-state index contributed by atoms with van der Waals surface area (Å²) in [6.45, 7) is 0. The Morgan fingerprint density at radius 1 is 1.62 bits per heavy atom. The first kappa shape index (κ1) is 8.82. The summed E-state index contributed by atoms with van der Waals surface area (Å²) in [6.07, 6.45) is 0. The standard InChI is InChI=1S/C6H4N4O3/c7-9-8-5-3-4(10(12)13)1-2-6(5)11/h1-3,11H. The highest BCUT2D eigenvalue weighted by atomic mass is 16.6. The van der Waals surface area contributed by atoms with Crippen LogP contribution in [0.3, 0.4) is 0 Å². The van der Waals surface area contributed by atoms with Gasteiger partial charge in [-0.3, -0.25) is 10.1 Å². The van der Waals surface area contributed by atoms with Crippen LogP contribution in [0.2, 0.25) is 0 Å². The molecule has 0 unspecified atom stereocenters. The van der Waals surface area contributed by atoms with E-state index in [1.807, 2.05) is 0 Å². The zero-order valence-electron chi connectivity index (χ0n) is 6.28. The van der Waals surface area contributed by atoms with Crippen LogP contribution < -0.4 is 0 Å². The van der Waals surface area contributed by atoms with E-state index in [1.54, 1.807) is 0 Å². The highest BCUT2D eigenvalue weighted by Gasteiger charge is 2.08. The smallest absolute Gasteiger partial charge is 0.270 e. The fraction of sp³-hybridized carbons (Fsp3) is 0. The van der Waals surface area contributed by atoms with Gasteiger partial charge in [0.25, 0.3) is 5.69 Å². The van der Waals surface area contributed by atoms with Gasteiger partial charge in [-0.2, -0.15) is 0 Å². The first-order chi connectivity index (χ1) is 6.15. The average Bonchev–Trinajstić information content (AvgIpc) is 2.08. The van der Waals surface area contributed by atoms with Crippen LogP contribution in [0.25, 0.3) is 10.4 Å². The number of non-ortho nitro benzene ring substituents is 1. The zero-order chi connectivity index (χ0) is 9.84. The Kier molecular flexibility index (Phi) is 2.32. The molecule has 1 aromatic carbocycles. The Labute approximate surface area is 72.0 Å². The molecular formula is C6H4N4O3. The molecule has 66 valence electrons. The average molecular weight is 180 g/mol. The third kappa shape index (κ3) is 1.85. The van der Waals surface area contributed by atoms with Crippen LogP contribution in [0, 0.1) is 10.1 Å². The molecule has 0 spiro atoms. The van der Waals surface area contributed by atoms with Crippen LogP contribution in [0.15, 0.2) is 23.3 Å². The molecule has 0 fully saturated rings. The van der Waals surface area contributed by atoms with Crippen LogP contribution in [-0.4, -0.2) is 10.0 Å². The number of hydrogen-bond acceptors (Lipinski definition) is 4. The minimum atomic E-state index is -0.643. The lowest BCUT2D eigenvalue weighted by molar-refractivity contribution is -0.384. The predicted molar refractivity (Wildman–Crippen MR) is 43.6 cm³/mol. The molecule has 0 saturated heterocycles. The van der Waals surface area contributed by atoms with Gasteiger partial charge in [-0.15, -0.1) is 0 Å². The summed E-state index contributed by atoms with van der Waals surface area (Å²) in [5, 5.41) is 22.4. The van der Waals surface area contributed by atoms with Gasteiger partial charge in [-0.05, 0) is 11.6 Å². The number of nitro groups is 1. The van der Waals surface area contributed by atoms with Gasteiger partial charge < -0.3 is 5.11 Å². The van der Waals surface area contributed by atoms with Gasteiger partial charge in [0, 0.05) is 17.0 Å². The second-order valence-corrected chi connectivity index (χ2v) is 2.12. The van der Waals surface area contributed by atoms with Crippen molar-refractivity contribution < 1.29 is 10.0 Å². The number of aromatic hydroxyl groups is 1. The Hall–Kier alpha value is -2.27. The van der Waals surface area contributed by atoms with E-state index in [0.717, 1.165) is 18.2 Å². The molecular weight excluding hydrogens is 176 g/mol. The van der Waals surface area contributed by atoms with Crippen LogP contribution in [-0.2, 0) is 0 Å². The monoisotopic (exact) mass is 180 g/mol. The second-order valence-electron chi connectivity index (χ2n) is 2.12. The van der Waals surface area contributed by atoms with Crippen molar-refractivity contribution in [2.24, 2.45) is 5.11 Å². The maximum absolute atomic E-state index is 10.3. The number of rotatable bonds is 2. The molecule has 0 aliphatic rings. The molecule has 13 heavy (non-hydrogen) atoms. The Balaban J connectivity index is 3.26. The zero-order valence-corrected chi connectivity index (χ0v) is 6.28. The van der Waals surface area contributed by atoms with Crippen molar-refractivity contribution in [3.05, 3.63) is 38.8 Å². The van der Waals surface area contributed by atoms with E-state index in [0.29, 0.717) is 0 Å². The third-order valence-electron chi connectivity index (χ3n) is 1.32. The van der Waals surface area contributed by atoms with E-state index in [-0.39, 0.29) is 17.1 Å². The van der Waals surface area contributed by atoms with Crippen molar-refractivity contribution in [3.63, 3.8) is 0 Å². The van der Waals surface area contributed by atoms with Gasteiger partial charge in [-0.25, -0.2) is 0 Å². The highest BCUT2D eigenvalue weighted by Crippen LogP contribution is 2.30. The lowest BCUT2D eigenvalue weighted by atomic mass is 10.2. The molecule has 0 amide bonds. The molecule has 0 aliphatic carbocycles. The van der Waals surface area contributed by atoms with Gasteiger partial charge in [0.2, 0.25) is 0 Å². The van der Waals surface area contributed by atoms with E-state index < -0.39 is 4.92 Å². The predicted octanol–water partition coefficient (Wildman–Crippen LogP) is 2.24. The van der Waals surface area contributed by atoms with Crippen molar-refractivity contribution in [1.82, 2.24) is 0 Å². The molecule has 1 rings (SSSR count). The van der Waals surface area contributed by atoms with Crippen LogP contribution in [0.4, 0.5) is 11.4 Å². The molecule has 0 heterocycles. The number of hydrogen-bond donors (Lipinski definition) is 1. The fourth-order valence-corrected chi connectivity index (χ4v) is 0.754. The topological polar surface area (TPSA) is 112 Å². The van der Waals surface area contributed by atoms with Crippen LogP contribution in [0.5, 0.6) is 5.75 Å². The van der Waals surface area contributed by atoms with Crippen molar-refractivity contribution >= 4 is 11.4 Å². The minimum absolute atomic E-state index is 0.156. The normalized spacial score (nSPS) is 8.92. The highest BCUT2D eigenvalue weighted by molar-refractivity contribution is 5.56. The number of phenols is 1. The number of azide groups is 1. The van der Waals surface area contributed by atoms with Gasteiger partial charge in [0.1, 0.15) is 5.75 Å². The summed E-state index contributed by atoms with van der Waals surface area (Å²) in [5.41, 5.74) is 7.66. The van der Waals surface area contributed by atoms with Crippen molar-refractivity contribution in [1.29, 1.82) is 0 Å².